The monoisotopic (exact) mass is 586 g/mol. The number of morpholine rings is 1. The summed E-state index contributed by atoms with van der Waals surface area (Å²) in [7, 11) is 3.09. The molecule has 1 aromatic rings. The molecule has 1 amide bonds. The van der Waals surface area contributed by atoms with Gasteiger partial charge in [0.25, 0.3) is 0 Å². The van der Waals surface area contributed by atoms with Crippen LogP contribution in [0, 0.1) is 17.8 Å². The second-order valence-corrected chi connectivity index (χ2v) is 12.0. The summed E-state index contributed by atoms with van der Waals surface area (Å²) in [4.78, 5) is 55.1. The van der Waals surface area contributed by atoms with Crippen molar-refractivity contribution in [1.82, 2.24) is 10.2 Å². The van der Waals surface area contributed by atoms with Gasteiger partial charge < -0.3 is 24.3 Å². The lowest BCUT2D eigenvalue weighted by Crippen LogP contribution is -2.46. The van der Waals surface area contributed by atoms with Crippen molar-refractivity contribution < 1.29 is 38.1 Å². The zero-order valence-corrected chi connectivity index (χ0v) is 25.2. The van der Waals surface area contributed by atoms with Gasteiger partial charge in [0.05, 0.1) is 46.6 Å². The normalized spacial score (nSPS) is 21.3. The van der Waals surface area contributed by atoms with Crippen molar-refractivity contribution in [2.45, 2.75) is 70.4 Å². The van der Waals surface area contributed by atoms with Crippen molar-refractivity contribution in [3.05, 3.63) is 23.8 Å². The quantitative estimate of drug-likeness (QED) is 0.275. The number of benzene rings is 1. The van der Waals surface area contributed by atoms with Crippen LogP contribution < -0.4 is 14.8 Å². The van der Waals surface area contributed by atoms with Crippen molar-refractivity contribution in [2.75, 3.05) is 53.7 Å². The first-order valence-corrected chi connectivity index (χ1v) is 15.3. The Balaban J connectivity index is 1.45. The maximum atomic E-state index is 13.9. The maximum Gasteiger partial charge on any atom is 0.223 e. The zero-order valence-electron chi connectivity index (χ0n) is 25.2. The van der Waals surface area contributed by atoms with E-state index in [2.05, 4.69) is 5.32 Å². The molecule has 232 valence electrons. The van der Waals surface area contributed by atoms with Crippen LogP contribution in [0.15, 0.2) is 18.2 Å². The smallest absolute Gasteiger partial charge is 0.223 e. The fourth-order valence-corrected chi connectivity index (χ4v) is 6.12. The van der Waals surface area contributed by atoms with Gasteiger partial charge in [0.2, 0.25) is 5.91 Å². The molecule has 42 heavy (non-hydrogen) atoms. The van der Waals surface area contributed by atoms with Crippen LogP contribution in [0.1, 0.15) is 57.4 Å². The van der Waals surface area contributed by atoms with E-state index in [1.54, 1.807) is 33.3 Å². The number of nitrogens with zero attached hydrogens (tertiary/aromatic N) is 1. The third-order valence-electron chi connectivity index (χ3n) is 8.67. The highest BCUT2D eigenvalue weighted by molar-refractivity contribution is 5.96. The number of amides is 1. The Kier molecular flexibility index (Phi) is 11.9. The molecule has 2 heterocycles. The minimum absolute atomic E-state index is 0.00600. The topological polar surface area (TPSA) is 124 Å². The molecule has 0 radical (unpaired) electrons. The molecule has 2 saturated heterocycles. The average molecular weight is 587 g/mol. The second-order valence-electron chi connectivity index (χ2n) is 12.0. The summed E-state index contributed by atoms with van der Waals surface area (Å²) in [5, 5.41) is 2.93. The van der Waals surface area contributed by atoms with E-state index < -0.39 is 24.0 Å². The molecule has 1 aromatic carbocycles. The van der Waals surface area contributed by atoms with E-state index in [-0.39, 0.29) is 49.1 Å². The molecule has 2 aliphatic heterocycles. The number of hydrogen-bond acceptors (Lipinski definition) is 9. The molecule has 0 bridgehead atoms. The molecule has 10 heteroatoms. The van der Waals surface area contributed by atoms with Gasteiger partial charge >= 0.3 is 0 Å². The van der Waals surface area contributed by atoms with Crippen LogP contribution in [0.25, 0.3) is 0 Å². The Labute approximate surface area is 248 Å². The van der Waals surface area contributed by atoms with Crippen molar-refractivity contribution in [3.63, 3.8) is 0 Å². The molecule has 1 aliphatic carbocycles. The molecule has 1 saturated carbocycles. The predicted molar refractivity (Wildman–Crippen MR) is 156 cm³/mol. The Bertz CT molecular complexity index is 1090. The minimum Gasteiger partial charge on any atom is -0.493 e. The predicted octanol–water partition coefficient (Wildman–Crippen LogP) is 2.78. The summed E-state index contributed by atoms with van der Waals surface area (Å²) in [6.45, 7) is 4.99. The maximum absolute atomic E-state index is 13.9. The summed E-state index contributed by atoms with van der Waals surface area (Å²) in [6.07, 6.45) is 5.08. The van der Waals surface area contributed by atoms with E-state index in [9.17, 15) is 19.2 Å². The number of methoxy groups -OCH3 is 2. The lowest BCUT2D eigenvalue weighted by Gasteiger charge is -2.26. The van der Waals surface area contributed by atoms with Crippen LogP contribution in [0.4, 0.5) is 0 Å². The fraction of sp³-hybridized carbons (Fsp3) is 0.688. The summed E-state index contributed by atoms with van der Waals surface area (Å²) in [6, 6.07) is 4.54. The summed E-state index contributed by atoms with van der Waals surface area (Å²) < 4.78 is 21.4. The fourth-order valence-electron chi connectivity index (χ4n) is 6.12. The lowest BCUT2D eigenvalue weighted by molar-refractivity contribution is -0.134. The molecule has 3 fully saturated rings. The Hall–Kier alpha value is -2.82. The van der Waals surface area contributed by atoms with Gasteiger partial charge in [-0.1, -0.05) is 38.7 Å². The number of carbonyl (C=O) groups excluding carboxylic acids is 4. The highest BCUT2D eigenvalue weighted by Crippen LogP contribution is 2.34. The molecular weight excluding hydrogens is 540 g/mol. The van der Waals surface area contributed by atoms with E-state index in [4.69, 9.17) is 18.9 Å². The number of Topliss-reactive ketones (excluding diaryl/α,β-unsaturated/α-hetero) is 3. The molecule has 0 aromatic heterocycles. The Morgan fingerprint density at radius 2 is 1.71 bits per heavy atom. The Morgan fingerprint density at radius 1 is 1.02 bits per heavy atom. The third-order valence-corrected chi connectivity index (χ3v) is 8.67. The van der Waals surface area contributed by atoms with E-state index in [0.717, 1.165) is 31.2 Å². The highest BCUT2D eigenvalue weighted by atomic mass is 16.6. The van der Waals surface area contributed by atoms with Crippen molar-refractivity contribution in [3.8, 4) is 11.5 Å². The highest BCUT2D eigenvalue weighted by Gasteiger charge is 2.39. The van der Waals surface area contributed by atoms with Gasteiger partial charge in [-0.3, -0.25) is 24.1 Å². The first kappa shape index (κ1) is 32.1. The molecule has 1 N–H and O–H groups in total. The van der Waals surface area contributed by atoms with E-state index in [0.29, 0.717) is 56.7 Å². The molecule has 4 rings (SSSR count). The van der Waals surface area contributed by atoms with Gasteiger partial charge in [-0.15, -0.1) is 0 Å². The molecule has 0 spiro atoms. The van der Waals surface area contributed by atoms with E-state index >= 15 is 0 Å². The van der Waals surface area contributed by atoms with Crippen LogP contribution in [0.2, 0.25) is 0 Å². The molecule has 4 atom stereocenters. The summed E-state index contributed by atoms with van der Waals surface area (Å²) in [5.41, 5.74) is 0.784. The summed E-state index contributed by atoms with van der Waals surface area (Å²) >= 11 is 0. The number of hydrogen-bond donors (Lipinski definition) is 1. The lowest BCUT2D eigenvalue weighted by atomic mass is 9.83. The third kappa shape index (κ3) is 9.34. The zero-order chi connectivity index (χ0) is 30.1. The SMILES string of the molecule is COc1ccc(CC(NC(=O)C(C)CC(=O)CN2CCOCC2)C(=O)CC(CC2CCCC2)C(=O)C2CO2)cc1OC. The average Bonchev–Trinajstić information content (AvgIpc) is 3.71. The number of ketones is 3. The second kappa shape index (κ2) is 15.6. The minimum atomic E-state index is -0.855. The number of carbonyl (C=O) groups is 4. The first-order valence-electron chi connectivity index (χ1n) is 15.3. The number of ether oxygens (including phenoxy) is 4. The number of epoxide rings is 1. The van der Waals surface area contributed by atoms with Gasteiger partial charge in [0.15, 0.2) is 23.1 Å². The molecular formula is C32H46N2O8. The van der Waals surface area contributed by atoms with Crippen molar-refractivity contribution in [2.24, 2.45) is 17.8 Å². The first-order chi connectivity index (χ1) is 20.3. The van der Waals surface area contributed by atoms with Crippen molar-refractivity contribution >= 4 is 23.3 Å². The molecule has 4 unspecified atom stereocenters. The van der Waals surface area contributed by atoms with E-state index in [1.807, 2.05) is 11.0 Å². The standard InChI is InChI=1S/C32H46N2O8/c1-21(14-25(35)19-34-10-12-41-13-11-34)32(38)33-26(16-23-8-9-28(39-2)29(17-23)40-3)27(36)18-24(31(37)30-20-42-30)15-22-6-4-5-7-22/h8-9,17,21-22,24,26,30H,4-7,10-16,18-20H2,1-3H3,(H,33,38). The molecule has 3 aliphatic rings. The van der Waals surface area contributed by atoms with Crippen LogP contribution in [-0.2, 0) is 35.1 Å². The van der Waals surface area contributed by atoms with Gasteiger partial charge in [-0.2, -0.15) is 0 Å². The van der Waals surface area contributed by atoms with Gasteiger partial charge in [0, 0.05) is 37.8 Å². The molecule has 10 nitrogen and oxygen atoms in total. The van der Waals surface area contributed by atoms with Crippen LogP contribution in [0.5, 0.6) is 11.5 Å². The number of nitrogens with one attached hydrogen (secondary N) is 1. The van der Waals surface area contributed by atoms with Gasteiger partial charge in [-0.05, 0) is 36.5 Å². The number of rotatable bonds is 17. The van der Waals surface area contributed by atoms with Gasteiger partial charge in [-0.25, -0.2) is 0 Å². The van der Waals surface area contributed by atoms with Crippen LogP contribution >= 0.6 is 0 Å². The van der Waals surface area contributed by atoms with Gasteiger partial charge in [0.1, 0.15) is 11.9 Å². The van der Waals surface area contributed by atoms with Crippen molar-refractivity contribution in [1.29, 1.82) is 0 Å². The van der Waals surface area contributed by atoms with Crippen LogP contribution in [-0.4, -0.2) is 94.0 Å². The summed E-state index contributed by atoms with van der Waals surface area (Å²) in [5.74, 6) is -0.0813. The Morgan fingerprint density at radius 3 is 2.36 bits per heavy atom. The van der Waals surface area contributed by atoms with E-state index in [1.165, 1.54) is 0 Å². The largest absolute Gasteiger partial charge is 0.493 e. The van der Waals surface area contributed by atoms with Crippen LogP contribution in [0.3, 0.4) is 0 Å².